The molecule has 2 aromatic rings. The highest BCUT2D eigenvalue weighted by atomic mass is 19.3. The van der Waals surface area contributed by atoms with Gasteiger partial charge in [0.15, 0.2) is 0 Å². The molecule has 0 fully saturated rings. The van der Waals surface area contributed by atoms with Crippen molar-refractivity contribution in [1.82, 2.24) is 14.1 Å². The van der Waals surface area contributed by atoms with Crippen LogP contribution in [0.1, 0.15) is 23.7 Å². The van der Waals surface area contributed by atoms with Crippen molar-refractivity contribution in [2.75, 3.05) is 0 Å². The minimum Gasteiger partial charge on any atom is -0.294 e. The minimum atomic E-state index is -3.28. The summed E-state index contributed by atoms with van der Waals surface area (Å²) >= 11 is 0. The maximum atomic E-state index is 13.4. The van der Waals surface area contributed by atoms with Crippen LogP contribution in [0.3, 0.4) is 0 Å². The van der Waals surface area contributed by atoms with E-state index in [0.29, 0.717) is 12.5 Å². The Hall–Kier alpha value is -2.31. The first-order chi connectivity index (χ1) is 9.62. The molecular weight excluding hydrogens is 280 g/mol. The number of hydrogen-bond acceptors (Lipinski definition) is 3. The van der Waals surface area contributed by atoms with Crippen molar-refractivity contribution in [1.29, 1.82) is 0 Å². The lowest BCUT2D eigenvalue weighted by molar-refractivity contribution is 0.00825. The van der Waals surface area contributed by atoms with Crippen LogP contribution in [0.4, 0.5) is 8.78 Å². The van der Waals surface area contributed by atoms with Crippen LogP contribution in [0, 0.1) is 13.8 Å². The van der Waals surface area contributed by atoms with Crippen LogP contribution in [-0.4, -0.2) is 14.1 Å². The van der Waals surface area contributed by atoms with Gasteiger partial charge in [-0.1, -0.05) is 6.07 Å². The minimum absolute atomic E-state index is 0.150. The smallest absolute Gasteiger partial charge is 0.294 e. The summed E-state index contributed by atoms with van der Waals surface area (Å²) in [5, 5.41) is 0. The summed E-state index contributed by atoms with van der Waals surface area (Å²) in [5.41, 5.74) is -0.811. The Morgan fingerprint density at radius 1 is 1.19 bits per heavy atom. The van der Waals surface area contributed by atoms with E-state index in [4.69, 9.17) is 0 Å². The Kier molecular flexibility index (Phi) is 3.52. The molecule has 0 radical (unpaired) electrons. The molecule has 0 amide bonds. The summed E-state index contributed by atoms with van der Waals surface area (Å²) in [6.07, 6.45) is 1.51. The molecule has 0 unspecified atom stereocenters. The molecule has 2 rings (SSSR count). The number of hydrogen-bond donors (Lipinski definition) is 0. The second kappa shape index (κ2) is 4.91. The predicted molar refractivity (Wildman–Crippen MR) is 74.1 cm³/mol. The largest absolute Gasteiger partial charge is 0.337 e. The third-order valence-electron chi connectivity index (χ3n) is 3.17. The lowest BCUT2D eigenvalue weighted by Crippen LogP contribution is -2.41. The second-order valence-corrected chi connectivity index (χ2v) is 5.09. The SMILES string of the molecule is Cc1cnc(-n2c(=O)cc(C(C)(F)F)n(C)c2=O)c(C)c1. The van der Waals surface area contributed by atoms with E-state index < -0.39 is 22.9 Å². The molecule has 0 aliphatic heterocycles. The van der Waals surface area contributed by atoms with Crippen LogP contribution in [0.5, 0.6) is 0 Å². The second-order valence-electron chi connectivity index (χ2n) is 5.09. The normalized spacial score (nSPS) is 11.7. The summed E-state index contributed by atoms with van der Waals surface area (Å²) in [5.74, 6) is -3.13. The van der Waals surface area contributed by atoms with E-state index in [1.165, 1.54) is 13.2 Å². The number of rotatable bonds is 2. The predicted octanol–water partition coefficient (Wildman–Crippen LogP) is 1.66. The lowest BCUT2D eigenvalue weighted by atomic mass is 10.2. The zero-order valence-electron chi connectivity index (χ0n) is 12.1. The fourth-order valence-electron chi connectivity index (χ4n) is 2.18. The van der Waals surface area contributed by atoms with Gasteiger partial charge >= 0.3 is 5.69 Å². The Morgan fingerprint density at radius 2 is 1.81 bits per heavy atom. The standard InChI is InChI=1S/C14H15F2N3O2/c1-8-5-9(2)12(17-7-8)19-11(20)6-10(14(3,15)16)18(4)13(19)21/h5-7H,1-4H3. The van der Waals surface area contributed by atoms with Gasteiger partial charge in [0.2, 0.25) is 0 Å². The van der Waals surface area contributed by atoms with Crippen molar-refractivity contribution in [3.8, 4) is 5.82 Å². The Bertz CT molecular complexity index is 816. The van der Waals surface area contributed by atoms with E-state index in [1.54, 1.807) is 13.0 Å². The fourth-order valence-corrected chi connectivity index (χ4v) is 2.18. The number of aryl methyl sites for hydroxylation is 2. The van der Waals surface area contributed by atoms with Gasteiger partial charge in [-0.25, -0.2) is 23.1 Å². The van der Waals surface area contributed by atoms with E-state index in [-0.39, 0.29) is 5.82 Å². The van der Waals surface area contributed by atoms with Crippen LogP contribution < -0.4 is 11.2 Å². The fraction of sp³-hybridized carbons (Fsp3) is 0.357. The van der Waals surface area contributed by atoms with Crippen molar-refractivity contribution in [2.45, 2.75) is 26.7 Å². The van der Waals surface area contributed by atoms with Gasteiger partial charge in [0.05, 0.1) is 5.69 Å². The van der Waals surface area contributed by atoms with E-state index in [2.05, 4.69) is 4.98 Å². The maximum absolute atomic E-state index is 13.4. The molecule has 5 nitrogen and oxygen atoms in total. The highest BCUT2D eigenvalue weighted by molar-refractivity contribution is 5.35. The highest BCUT2D eigenvalue weighted by Gasteiger charge is 2.29. The molecule has 0 aliphatic carbocycles. The molecule has 112 valence electrons. The zero-order valence-corrected chi connectivity index (χ0v) is 12.1. The molecule has 0 aliphatic rings. The van der Waals surface area contributed by atoms with Crippen molar-refractivity contribution in [3.05, 3.63) is 56.0 Å². The van der Waals surface area contributed by atoms with Gasteiger partial charge in [0, 0.05) is 26.2 Å². The van der Waals surface area contributed by atoms with E-state index in [9.17, 15) is 18.4 Å². The Morgan fingerprint density at radius 3 is 2.33 bits per heavy atom. The first-order valence-electron chi connectivity index (χ1n) is 6.28. The monoisotopic (exact) mass is 295 g/mol. The molecular formula is C14H15F2N3O2. The third-order valence-corrected chi connectivity index (χ3v) is 3.17. The zero-order chi connectivity index (χ0) is 15.9. The number of nitrogens with zero attached hydrogens (tertiary/aromatic N) is 3. The molecule has 21 heavy (non-hydrogen) atoms. The molecule has 0 spiro atoms. The molecule has 0 saturated heterocycles. The van der Waals surface area contributed by atoms with E-state index in [0.717, 1.165) is 20.8 Å². The van der Waals surface area contributed by atoms with Crippen molar-refractivity contribution >= 4 is 0 Å². The molecule has 0 atom stereocenters. The average molecular weight is 295 g/mol. The summed E-state index contributed by atoms with van der Waals surface area (Å²) in [7, 11) is 1.20. The van der Waals surface area contributed by atoms with Gasteiger partial charge < -0.3 is 0 Å². The average Bonchev–Trinajstić information content (AvgIpc) is 2.35. The molecule has 0 N–H and O–H groups in total. The molecule has 2 aromatic heterocycles. The van der Waals surface area contributed by atoms with Crippen LogP contribution in [0.15, 0.2) is 27.9 Å². The number of aromatic nitrogens is 3. The maximum Gasteiger partial charge on any atom is 0.337 e. The number of pyridine rings is 1. The molecule has 0 saturated carbocycles. The first-order valence-corrected chi connectivity index (χ1v) is 6.28. The molecule has 0 bridgehead atoms. The summed E-state index contributed by atoms with van der Waals surface area (Å²) in [6.45, 7) is 4.16. The summed E-state index contributed by atoms with van der Waals surface area (Å²) in [6, 6.07) is 2.53. The van der Waals surface area contributed by atoms with Crippen LogP contribution in [0.25, 0.3) is 5.82 Å². The molecule has 7 heteroatoms. The Balaban J connectivity index is 2.82. The van der Waals surface area contributed by atoms with Gasteiger partial charge in [-0.15, -0.1) is 0 Å². The van der Waals surface area contributed by atoms with Crippen molar-refractivity contribution in [2.24, 2.45) is 7.05 Å². The number of alkyl halides is 2. The van der Waals surface area contributed by atoms with E-state index in [1.807, 2.05) is 6.92 Å². The Labute approximate surface area is 119 Å². The van der Waals surface area contributed by atoms with Gasteiger partial charge in [-0.05, 0) is 25.0 Å². The van der Waals surface area contributed by atoms with Crippen LogP contribution >= 0.6 is 0 Å². The van der Waals surface area contributed by atoms with Gasteiger partial charge in [-0.2, -0.15) is 0 Å². The van der Waals surface area contributed by atoms with Crippen molar-refractivity contribution in [3.63, 3.8) is 0 Å². The van der Waals surface area contributed by atoms with Gasteiger partial charge in [0.1, 0.15) is 5.82 Å². The van der Waals surface area contributed by atoms with Crippen LogP contribution in [0.2, 0.25) is 0 Å². The molecule has 0 aromatic carbocycles. The van der Waals surface area contributed by atoms with Gasteiger partial charge in [-0.3, -0.25) is 9.36 Å². The lowest BCUT2D eigenvalue weighted by Gasteiger charge is -2.16. The number of halogens is 2. The topological polar surface area (TPSA) is 56.9 Å². The quantitative estimate of drug-likeness (QED) is 0.846. The first kappa shape index (κ1) is 15.1. The highest BCUT2D eigenvalue weighted by Crippen LogP contribution is 2.24. The van der Waals surface area contributed by atoms with E-state index >= 15 is 0 Å². The van der Waals surface area contributed by atoms with Crippen LogP contribution in [-0.2, 0) is 13.0 Å². The molecule has 2 heterocycles. The third kappa shape index (κ3) is 2.63. The van der Waals surface area contributed by atoms with Gasteiger partial charge in [0.25, 0.3) is 11.5 Å². The summed E-state index contributed by atoms with van der Waals surface area (Å²) in [4.78, 5) is 28.4. The summed E-state index contributed by atoms with van der Waals surface area (Å²) < 4.78 is 28.4. The van der Waals surface area contributed by atoms with Crippen molar-refractivity contribution < 1.29 is 8.78 Å².